The molecule has 3 aliphatic rings. The van der Waals surface area contributed by atoms with Gasteiger partial charge in [-0.05, 0) is 49.7 Å². The largest absolute Gasteiger partial charge is 0.481 e. The summed E-state index contributed by atoms with van der Waals surface area (Å²) in [6, 6.07) is 5.04. The fourth-order valence-corrected chi connectivity index (χ4v) is 6.41. The molecule has 3 aromatic heterocycles. The highest BCUT2D eigenvalue weighted by atomic mass is 19.1. The van der Waals surface area contributed by atoms with Gasteiger partial charge in [0, 0.05) is 59.8 Å². The molecule has 3 heterocycles. The van der Waals surface area contributed by atoms with E-state index >= 15 is 4.39 Å². The van der Waals surface area contributed by atoms with Crippen molar-refractivity contribution in [1.29, 1.82) is 5.26 Å². The highest BCUT2D eigenvalue weighted by Gasteiger charge is 2.47. The van der Waals surface area contributed by atoms with Crippen LogP contribution in [0.4, 0.5) is 19.0 Å². The average molecular weight is 520 g/mol. The Morgan fingerprint density at radius 1 is 1.21 bits per heavy atom. The quantitative estimate of drug-likeness (QED) is 0.308. The number of fused-ring (bicyclic) bond motifs is 4. The summed E-state index contributed by atoms with van der Waals surface area (Å²) in [5.41, 5.74) is 0.618. The second-order valence-corrected chi connectivity index (χ2v) is 10.3. The maximum Gasteiger partial charge on any atom is 0.308 e. The van der Waals surface area contributed by atoms with E-state index in [0.29, 0.717) is 5.56 Å². The molecular weight excluding hydrogens is 495 g/mol. The molecule has 0 saturated heterocycles. The third-order valence-electron chi connectivity index (χ3n) is 8.14. The summed E-state index contributed by atoms with van der Waals surface area (Å²) in [5, 5.41) is 23.4. The lowest BCUT2D eigenvalue weighted by Crippen LogP contribution is -2.51. The Morgan fingerprint density at radius 2 is 1.95 bits per heavy atom. The van der Waals surface area contributed by atoms with Gasteiger partial charge in [-0.2, -0.15) is 5.26 Å². The molecule has 0 aliphatic heterocycles. The topological polar surface area (TPSA) is 107 Å². The molecule has 2 bridgehead atoms. The molecule has 10 heteroatoms. The molecule has 0 unspecified atom stereocenters. The fraction of sp³-hybridized carbons (Fsp3) is 0.321. The van der Waals surface area contributed by atoms with E-state index in [1.165, 1.54) is 6.20 Å². The van der Waals surface area contributed by atoms with E-state index in [2.05, 4.69) is 15.3 Å². The zero-order chi connectivity index (χ0) is 26.7. The van der Waals surface area contributed by atoms with E-state index in [4.69, 9.17) is 0 Å². The van der Waals surface area contributed by atoms with Gasteiger partial charge in [-0.25, -0.2) is 18.2 Å². The normalized spacial score (nSPS) is 22.5. The maximum absolute atomic E-state index is 16.2. The van der Waals surface area contributed by atoms with E-state index in [-0.39, 0.29) is 50.9 Å². The van der Waals surface area contributed by atoms with Crippen molar-refractivity contribution < 1.29 is 23.1 Å². The lowest BCUT2D eigenvalue weighted by Gasteiger charge is -2.47. The van der Waals surface area contributed by atoms with E-state index in [9.17, 15) is 23.9 Å². The van der Waals surface area contributed by atoms with Crippen molar-refractivity contribution in [3.05, 3.63) is 59.8 Å². The summed E-state index contributed by atoms with van der Waals surface area (Å²) in [6.07, 6.45) is 8.08. The van der Waals surface area contributed by atoms with Gasteiger partial charge >= 0.3 is 5.97 Å². The minimum Gasteiger partial charge on any atom is -0.481 e. The van der Waals surface area contributed by atoms with Gasteiger partial charge in [-0.3, -0.25) is 4.79 Å². The molecule has 38 heavy (non-hydrogen) atoms. The van der Waals surface area contributed by atoms with Crippen molar-refractivity contribution in [2.75, 3.05) is 5.32 Å². The molecule has 3 fully saturated rings. The number of benzene rings is 1. The lowest BCUT2D eigenvalue weighted by atomic mass is 9.61. The number of halogens is 3. The van der Waals surface area contributed by atoms with Gasteiger partial charge in [0.05, 0.1) is 22.7 Å². The van der Waals surface area contributed by atoms with Crippen LogP contribution >= 0.6 is 0 Å². The molecule has 0 radical (unpaired) electrons. The number of hydrogen-bond acceptors (Lipinski definition) is 4. The number of aliphatic carboxylic acids is 1. The Hall–Kier alpha value is -4.26. The van der Waals surface area contributed by atoms with Crippen LogP contribution in [0, 0.1) is 46.5 Å². The van der Waals surface area contributed by atoms with Gasteiger partial charge in [-0.1, -0.05) is 0 Å². The number of rotatable bonds is 5. The summed E-state index contributed by atoms with van der Waals surface area (Å²) in [7, 11) is 1.76. The second kappa shape index (κ2) is 8.94. The van der Waals surface area contributed by atoms with Crippen LogP contribution < -0.4 is 5.32 Å². The summed E-state index contributed by atoms with van der Waals surface area (Å²) in [5.74, 6) is -4.18. The molecule has 3 aliphatic carbocycles. The number of nitrogens with one attached hydrogen (secondary N) is 2. The number of aromatic amines is 1. The number of aromatic nitrogens is 3. The second-order valence-electron chi connectivity index (χ2n) is 10.3. The Bertz CT molecular complexity index is 1630. The van der Waals surface area contributed by atoms with E-state index in [0.717, 1.165) is 37.8 Å². The number of nitrogens with zero attached hydrogens (tertiary/aromatic N) is 3. The Balaban J connectivity index is 1.58. The summed E-state index contributed by atoms with van der Waals surface area (Å²) in [4.78, 5) is 19.5. The van der Waals surface area contributed by atoms with Crippen LogP contribution in [0.3, 0.4) is 0 Å². The first-order valence-corrected chi connectivity index (χ1v) is 12.5. The molecule has 3 N–H and O–H groups in total. The number of hydrogen-bond donors (Lipinski definition) is 3. The van der Waals surface area contributed by atoms with Crippen LogP contribution in [0.5, 0.6) is 0 Å². The average Bonchev–Trinajstić information content (AvgIpc) is 3.51. The van der Waals surface area contributed by atoms with Crippen LogP contribution in [0.1, 0.15) is 31.2 Å². The number of anilines is 1. The molecule has 7 nitrogen and oxygen atoms in total. The van der Waals surface area contributed by atoms with Gasteiger partial charge in [0.25, 0.3) is 0 Å². The Kier molecular flexibility index (Phi) is 5.67. The third-order valence-corrected chi connectivity index (χ3v) is 8.14. The van der Waals surface area contributed by atoms with Crippen molar-refractivity contribution in [1.82, 2.24) is 14.5 Å². The molecule has 3 saturated carbocycles. The summed E-state index contributed by atoms with van der Waals surface area (Å²) >= 11 is 0. The van der Waals surface area contributed by atoms with E-state index < -0.39 is 35.4 Å². The first kappa shape index (κ1) is 24.1. The molecule has 2 atom stereocenters. The summed E-state index contributed by atoms with van der Waals surface area (Å²) in [6.45, 7) is 0. The Labute approximate surface area is 215 Å². The third kappa shape index (κ3) is 3.72. The highest BCUT2D eigenvalue weighted by molar-refractivity contribution is 5.98. The standard InChI is InChI=1S/C28H24F3N5O2/c1-36-7-6-15(12-36)21-18(10-32)25(19-11-33-26-17(19)8-16(29)9-20(26)30)35-27(23(21)31)34-24-14-4-2-13(3-5-14)22(24)28(37)38/h6-9,11-14,22,24,33H,2-5H2,1H3,(H,34,35)(H,37,38)/t13?,14?,22-,24-/m1/s1. The van der Waals surface area contributed by atoms with Crippen molar-refractivity contribution in [3.63, 3.8) is 0 Å². The maximum atomic E-state index is 16.2. The molecule has 1 aromatic carbocycles. The fourth-order valence-electron chi connectivity index (χ4n) is 6.41. The predicted molar refractivity (Wildman–Crippen MR) is 135 cm³/mol. The highest BCUT2D eigenvalue weighted by Crippen LogP contribution is 2.47. The predicted octanol–water partition coefficient (Wildman–Crippen LogP) is 5.83. The van der Waals surface area contributed by atoms with Gasteiger partial charge in [-0.15, -0.1) is 0 Å². The molecule has 194 valence electrons. The minimum atomic E-state index is -0.933. The number of carboxylic acids is 1. The van der Waals surface area contributed by atoms with Crippen LogP contribution in [0.25, 0.3) is 33.3 Å². The SMILES string of the molecule is Cn1ccc(-c2c(F)c(N[C@@H]3C4CCC(CC4)[C@H]3C(=O)O)nc(-c3c[nH]c4c(F)cc(F)cc34)c2C#N)c1. The number of carbonyl (C=O) groups is 1. The smallest absolute Gasteiger partial charge is 0.308 e. The van der Waals surface area contributed by atoms with Crippen LogP contribution in [0.2, 0.25) is 0 Å². The molecule has 0 amide bonds. The van der Waals surface area contributed by atoms with Crippen LogP contribution in [0.15, 0.2) is 36.8 Å². The van der Waals surface area contributed by atoms with E-state index in [1.807, 2.05) is 6.07 Å². The monoisotopic (exact) mass is 519 g/mol. The molecular formula is C28H24F3N5O2. The molecule has 7 rings (SSSR count). The van der Waals surface area contributed by atoms with Crippen molar-refractivity contribution in [2.45, 2.75) is 31.7 Å². The number of aryl methyl sites for hydroxylation is 1. The van der Waals surface area contributed by atoms with Gasteiger partial charge in [0.15, 0.2) is 11.6 Å². The first-order chi connectivity index (χ1) is 18.3. The van der Waals surface area contributed by atoms with Crippen LogP contribution in [-0.4, -0.2) is 31.7 Å². The van der Waals surface area contributed by atoms with E-state index in [1.54, 1.807) is 30.1 Å². The summed E-state index contributed by atoms with van der Waals surface area (Å²) < 4.78 is 46.6. The zero-order valence-corrected chi connectivity index (χ0v) is 20.4. The molecule has 4 aromatic rings. The van der Waals surface area contributed by atoms with Crippen LogP contribution in [-0.2, 0) is 11.8 Å². The van der Waals surface area contributed by atoms with Gasteiger partial charge < -0.3 is 20.0 Å². The number of nitriles is 1. The Morgan fingerprint density at radius 3 is 2.61 bits per heavy atom. The zero-order valence-electron chi connectivity index (χ0n) is 20.4. The number of H-pyrrole nitrogens is 1. The lowest BCUT2D eigenvalue weighted by molar-refractivity contribution is -0.148. The van der Waals surface area contributed by atoms with Crippen molar-refractivity contribution >= 4 is 22.7 Å². The number of carboxylic acid groups (broad SMARTS) is 1. The van der Waals surface area contributed by atoms with Gasteiger partial charge in [0.2, 0.25) is 0 Å². The van der Waals surface area contributed by atoms with Gasteiger partial charge in [0.1, 0.15) is 17.7 Å². The van der Waals surface area contributed by atoms with Crippen molar-refractivity contribution in [2.24, 2.45) is 24.8 Å². The van der Waals surface area contributed by atoms with Crippen molar-refractivity contribution in [3.8, 4) is 28.5 Å². The molecule has 0 spiro atoms. The minimum absolute atomic E-state index is 0.0101. The first-order valence-electron chi connectivity index (χ1n) is 12.5. The number of pyridine rings is 1.